The maximum absolute atomic E-state index is 12.3. The number of carbonyl (C=O) groups excluding carboxylic acids is 1. The minimum Gasteiger partial charge on any atom is -0.409 e. The van der Waals surface area contributed by atoms with Gasteiger partial charge in [-0.05, 0) is 27.7 Å². The van der Waals surface area contributed by atoms with Crippen LogP contribution in [-0.4, -0.2) is 47.1 Å². The summed E-state index contributed by atoms with van der Waals surface area (Å²) in [4.78, 5) is 14.0. The minimum absolute atomic E-state index is 0.00536. The third-order valence-electron chi connectivity index (χ3n) is 2.99. The summed E-state index contributed by atoms with van der Waals surface area (Å²) in [6.07, 6.45) is 0.0107. The van der Waals surface area contributed by atoms with Crippen molar-refractivity contribution >= 4 is 11.7 Å². The molecule has 2 unspecified atom stereocenters. The third kappa shape index (κ3) is 2.88. The van der Waals surface area contributed by atoms with E-state index in [1.807, 2.05) is 13.8 Å². The number of oxime groups is 1. The van der Waals surface area contributed by atoms with E-state index in [1.54, 1.807) is 18.7 Å². The van der Waals surface area contributed by atoms with Gasteiger partial charge < -0.3 is 20.6 Å². The molecule has 0 bridgehead atoms. The van der Waals surface area contributed by atoms with E-state index in [2.05, 4.69) is 5.16 Å². The number of carbonyl (C=O) groups is 1. The van der Waals surface area contributed by atoms with Gasteiger partial charge in [0.25, 0.3) is 0 Å². The summed E-state index contributed by atoms with van der Waals surface area (Å²) in [6.45, 7) is 8.21. The van der Waals surface area contributed by atoms with Crippen LogP contribution in [0.3, 0.4) is 0 Å². The van der Waals surface area contributed by atoms with E-state index in [4.69, 9.17) is 15.7 Å². The summed E-state index contributed by atoms with van der Waals surface area (Å²) in [5.74, 6) is -0.218. The third-order valence-corrected chi connectivity index (χ3v) is 2.99. The van der Waals surface area contributed by atoms with Crippen LogP contribution >= 0.6 is 0 Å². The zero-order valence-corrected chi connectivity index (χ0v) is 10.8. The number of morpholine rings is 1. The van der Waals surface area contributed by atoms with Crippen LogP contribution in [0.15, 0.2) is 5.16 Å². The maximum Gasteiger partial charge on any atom is 0.236 e. The standard InChI is InChI=1S/C11H21N3O3/c1-7-5-14(6-8(2)17-7)10(15)11(3,4)9(12)13-16/h7-8,16H,5-6H2,1-4H3,(H2,12,13). The highest BCUT2D eigenvalue weighted by Gasteiger charge is 2.38. The number of nitrogens with two attached hydrogens (primary N) is 1. The second-order valence-electron chi connectivity index (χ2n) is 5.08. The van der Waals surface area contributed by atoms with E-state index in [-0.39, 0.29) is 24.0 Å². The molecule has 1 aliphatic rings. The maximum atomic E-state index is 12.3. The number of amidine groups is 1. The lowest BCUT2D eigenvalue weighted by Gasteiger charge is -2.38. The number of ether oxygens (including phenoxy) is 1. The molecule has 0 spiro atoms. The molecule has 1 fully saturated rings. The van der Waals surface area contributed by atoms with E-state index in [0.717, 1.165) is 0 Å². The van der Waals surface area contributed by atoms with Gasteiger partial charge in [-0.15, -0.1) is 0 Å². The van der Waals surface area contributed by atoms with Gasteiger partial charge >= 0.3 is 0 Å². The largest absolute Gasteiger partial charge is 0.409 e. The highest BCUT2D eigenvalue weighted by molar-refractivity contribution is 6.05. The highest BCUT2D eigenvalue weighted by Crippen LogP contribution is 2.22. The Morgan fingerprint density at radius 3 is 2.29 bits per heavy atom. The second kappa shape index (κ2) is 4.91. The lowest BCUT2D eigenvalue weighted by Crippen LogP contribution is -2.54. The molecule has 2 atom stereocenters. The monoisotopic (exact) mass is 243 g/mol. The summed E-state index contributed by atoms with van der Waals surface area (Å²) in [5, 5.41) is 11.6. The Hall–Kier alpha value is -1.30. The molecule has 6 heteroatoms. The van der Waals surface area contributed by atoms with Gasteiger partial charge in [0.05, 0.1) is 12.2 Å². The van der Waals surface area contributed by atoms with E-state index in [1.165, 1.54) is 0 Å². The van der Waals surface area contributed by atoms with Gasteiger partial charge in [0, 0.05) is 13.1 Å². The molecule has 1 heterocycles. The van der Waals surface area contributed by atoms with Gasteiger partial charge in [-0.3, -0.25) is 4.79 Å². The van der Waals surface area contributed by atoms with E-state index >= 15 is 0 Å². The predicted octanol–water partition coefficient (Wildman–Crippen LogP) is 0.395. The van der Waals surface area contributed by atoms with Crippen LogP contribution in [0.1, 0.15) is 27.7 Å². The first-order chi connectivity index (χ1) is 7.78. The zero-order valence-electron chi connectivity index (χ0n) is 10.8. The van der Waals surface area contributed by atoms with Crippen LogP contribution in [0.5, 0.6) is 0 Å². The van der Waals surface area contributed by atoms with Crippen molar-refractivity contribution in [1.82, 2.24) is 4.90 Å². The first-order valence-electron chi connectivity index (χ1n) is 5.72. The number of hydrogen-bond acceptors (Lipinski definition) is 4. The molecule has 0 radical (unpaired) electrons. The van der Waals surface area contributed by atoms with Crippen molar-refractivity contribution in [3.63, 3.8) is 0 Å². The Labute approximate surface area is 101 Å². The van der Waals surface area contributed by atoms with Gasteiger partial charge in [-0.25, -0.2) is 0 Å². The van der Waals surface area contributed by atoms with E-state index in [9.17, 15) is 4.79 Å². The van der Waals surface area contributed by atoms with Crippen LogP contribution in [0, 0.1) is 5.41 Å². The molecule has 0 aliphatic carbocycles. The number of nitrogens with zero attached hydrogens (tertiary/aromatic N) is 2. The first-order valence-corrected chi connectivity index (χ1v) is 5.72. The van der Waals surface area contributed by atoms with Crippen molar-refractivity contribution in [3.05, 3.63) is 0 Å². The van der Waals surface area contributed by atoms with E-state index < -0.39 is 5.41 Å². The molecule has 0 aromatic carbocycles. The van der Waals surface area contributed by atoms with Crippen LogP contribution in [-0.2, 0) is 9.53 Å². The quantitative estimate of drug-likeness (QED) is 0.318. The van der Waals surface area contributed by atoms with Crippen molar-refractivity contribution in [1.29, 1.82) is 0 Å². The molecule has 1 saturated heterocycles. The summed E-state index contributed by atoms with van der Waals surface area (Å²) in [7, 11) is 0. The van der Waals surface area contributed by atoms with Crippen molar-refractivity contribution in [3.8, 4) is 0 Å². The van der Waals surface area contributed by atoms with Crippen LogP contribution in [0.4, 0.5) is 0 Å². The van der Waals surface area contributed by atoms with Crippen molar-refractivity contribution in [2.24, 2.45) is 16.3 Å². The normalized spacial score (nSPS) is 27.1. The molecule has 1 aliphatic heterocycles. The molecule has 0 aromatic heterocycles. The summed E-state index contributed by atoms with van der Waals surface area (Å²) >= 11 is 0. The van der Waals surface area contributed by atoms with Gasteiger partial charge in [-0.2, -0.15) is 0 Å². The Kier molecular flexibility index (Phi) is 3.98. The van der Waals surface area contributed by atoms with Crippen molar-refractivity contribution < 1.29 is 14.7 Å². The Morgan fingerprint density at radius 2 is 1.88 bits per heavy atom. The molecule has 0 saturated carbocycles. The molecule has 6 nitrogen and oxygen atoms in total. The summed E-state index contributed by atoms with van der Waals surface area (Å²) in [6, 6.07) is 0. The smallest absolute Gasteiger partial charge is 0.236 e. The van der Waals surface area contributed by atoms with Crippen molar-refractivity contribution in [2.45, 2.75) is 39.9 Å². The van der Waals surface area contributed by atoms with E-state index in [0.29, 0.717) is 13.1 Å². The zero-order chi connectivity index (χ0) is 13.2. The Morgan fingerprint density at radius 1 is 1.41 bits per heavy atom. The van der Waals surface area contributed by atoms with Crippen LogP contribution in [0.2, 0.25) is 0 Å². The molecule has 98 valence electrons. The van der Waals surface area contributed by atoms with Gasteiger partial charge in [0.15, 0.2) is 5.84 Å². The molecule has 1 amide bonds. The highest BCUT2D eigenvalue weighted by atomic mass is 16.5. The molecular weight excluding hydrogens is 222 g/mol. The fourth-order valence-electron chi connectivity index (χ4n) is 1.97. The molecular formula is C11H21N3O3. The minimum atomic E-state index is -0.995. The molecule has 0 aromatic rings. The lowest BCUT2D eigenvalue weighted by molar-refractivity contribution is -0.148. The number of amides is 1. The van der Waals surface area contributed by atoms with Gasteiger partial charge in [0.1, 0.15) is 5.41 Å². The predicted molar refractivity (Wildman–Crippen MR) is 63.8 cm³/mol. The topological polar surface area (TPSA) is 88.2 Å². The fraction of sp³-hybridized carbons (Fsp3) is 0.818. The van der Waals surface area contributed by atoms with Gasteiger partial charge in [-0.1, -0.05) is 5.16 Å². The average Bonchev–Trinajstić information content (AvgIpc) is 2.25. The fourth-order valence-corrected chi connectivity index (χ4v) is 1.97. The summed E-state index contributed by atoms with van der Waals surface area (Å²) in [5.41, 5.74) is 4.55. The second-order valence-corrected chi connectivity index (χ2v) is 5.08. The molecule has 17 heavy (non-hydrogen) atoms. The lowest BCUT2D eigenvalue weighted by atomic mass is 9.89. The van der Waals surface area contributed by atoms with Crippen LogP contribution in [0.25, 0.3) is 0 Å². The Balaban J connectivity index is 2.82. The SMILES string of the molecule is CC1CN(C(=O)C(C)(C)C(N)=NO)CC(C)O1. The first kappa shape index (κ1) is 13.8. The van der Waals surface area contributed by atoms with Crippen molar-refractivity contribution in [2.75, 3.05) is 13.1 Å². The molecule has 1 rings (SSSR count). The van der Waals surface area contributed by atoms with Crippen LogP contribution < -0.4 is 5.73 Å². The van der Waals surface area contributed by atoms with Gasteiger partial charge in [0.2, 0.25) is 5.91 Å². The Bertz CT molecular complexity index is 318. The molecule has 3 N–H and O–H groups in total. The average molecular weight is 243 g/mol. The number of hydrogen-bond donors (Lipinski definition) is 2. The summed E-state index contributed by atoms with van der Waals surface area (Å²) < 4.78 is 5.56. The number of rotatable bonds is 2.